The zero-order valence-corrected chi connectivity index (χ0v) is 18.1. The van der Waals surface area contributed by atoms with E-state index in [9.17, 15) is 14.4 Å². The highest BCUT2D eigenvalue weighted by Gasteiger charge is 2.57. The molecule has 1 saturated heterocycles. The second-order valence-corrected chi connectivity index (χ2v) is 8.69. The van der Waals surface area contributed by atoms with Gasteiger partial charge in [0, 0.05) is 15.6 Å². The van der Waals surface area contributed by atoms with Gasteiger partial charge in [-0.25, -0.2) is 0 Å². The molecule has 5 rings (SSSR count). The Bertz CT molecular complexity index is 1180. The Morgan fingerprint density at radius 1 is 0.742 bits per heavy atom. The standard InChI is InChI=1S/C24H17ClN2O3S/c1-31-17-12-6-14(7-13-17)20-21(24(30)26(20)16-10-8-15(25)9-11-16)27-22(28)18-4-2-3-5-19(18)23(27)29/h2-13,20-21H,1H3. The number of carbonyl (C=O) groups excluding carboxylic acids is 3. The van der Waals surface area contributed by atoms with Crippen LogP contribution in [0.15, 0.2) is 77.7 Å². The van der Waals surface area contributed by atoms with E-state index in [0.717, 1.165) is 15.4 Å². The maximum absolute atomic E-state index is 13.3. The topological polar surface area (TPSA) is 57.7 Å². The lowest BCUT2D eigenvalue weighted by atomic mass is 9.86. The van der Waals surface area contributed by atoms with Gasteiger partial charge < -0.3 is 4.90 Å². The van der Waals surface area contributed by atoms with Crippen LogP contribution in [0.4, 0.5) is 5.69 Å². The summed E-state index contributed by atoms with van der Waals surface area (Å²) in [6.45, 7) is 0. The summed E-state index contributed by atoms with van der Waals surface area (Å²) in [5.74, 6) is -1.16. The fourth-order valence-corrected chi connectivity index (χ4v) is 4.74. The first-order valence-electron chi connectivity index (χ1n) is 9.71. The number of thioether (sulfide) groups is 1. The maximum atomic E-state index is 13.3. The Morgan fingerprint density at radius 2 is 1.32 bits per heavy atom. The number of hydrogen-bond donors (Lipinski definition) is 0. The van der Waals surface area contributed by atoms with Crippen molar-refractivity contribution in [2.45, 2.75) is 17.0 Å². The van der Waals surface area contributed by atoms with E-state index in [4.69, 9.17) is 11.6 Å². The molecule has 0 bridgehead atoms. The maximum Gasteiger partial charge on any atom is 0.262 e. The minimum Gasteiger partial charge on any atom is -0.300 e. The van der Waals surface area contributed by atoms with Gasteiger partial charge in [0.05, 0.1) is 17.2 Å². The summed E-state index contributed by atoms with van der Waals surface area (Å²) in [6, 6.07) is 20.1. The molecule has 2 heterocycles. The number of halogens is 1. The number of amides is 3. The van der Waals surface area contributed by atoms with Gasteiger partial charge >= 0.3 is 0 Å². The van der Waals surface area contributed by atoms with Gasteiger partial charge in [0.2, 0.25) is 0 Å². The van der Waals surface area contributed by atoms with Gasteiger partial charge in [-0.15, -0.1) is 11.8 Å². The van der Waals surface area contributed by atoms with Crippen molar-refractivity contribution in [3.8, 4) is 0 Å². The van der Waals surface area contributed by atoms with Crippen molar-refractivity contribution >= 4 is 46.8 Å². The Hall–Kier alpha value is -3.09. The van der Waals surface area contributed by atoms with Gasteiger partial charge in [-0.2, -0.15) is 0 Å². The van der Waals surface area contributed by atoms with Crippen molar-refractivity contribution in [2.24, 2.45) is 0 Å². The third-order valence-corrected chi connectivity index (χ3v) is 6.73. The number of imide groups is 1. The second kappa shape index (κ2) is 7.55. The average Bonchev–Trinajstić information content (AvgIpc) is 3.04. The Labute approximate surface area is 188 Å². The molecule has 3 amide bonds. The SMILES string of the molecule is CSc1ccc(C2C(N3C(=O)c4ccccc4C3=O)C(=O)N2c2ccc(Cl)cc2)cc1. The van der Waals surface area contributed by atoms with Crippen molar-refractivity contribution in [3.05, 3.63) is 94.5 Å². The highest BCUT2D eigenvalue weighted by Crippen LogP contribution is 2.44. The summed E-state index contributed by atoms with van der Waals surface area (Å²) in [7, 11) is 0. The molecule has 0 saturated carbocycles. The van der Waals surface area contributed by atoms with Gasteiger partial charge in [0.25, 0.3) is 17.7 Å². The number of rotatable bonds is 4. The minimum absolute atomic E-state index is 0.296. The largest absolute Gasteiger partial charge is 0.300 e. The molecular formula is C24H17ClN2O3S. The quantitative estimate of drug-likeness (QED) is 0.326. The minimum atomic E-state index is -0.900. The fourth-order valence-electron chi connectivity index (χ4n) is 4.21. The van der Waals surface area contributed by atoms with Crippen LogP contribution in [0.2, 0.25) is 5.02 Å². The van der Waals surface area contributed by atoms with E-state index < -0.39 is 23.9 Å². The van der Waals surface area contributed by atoms with Crippen LogP contribution in [0, 0.1) is 0 Å². The number of β-lactam (4-membered cyclic amide) rings is 1. The average molecular weight is 449 g/mol. The molecule has 3 aromatic rings. The van der Waals surface area contributed by atoms with E-state index in [-0.39, 0.29) is 5.91 Å². The highest BCUT2D eigenvalue weighted by molar-refractivity contribution is 7.98. The van der Waals surface area contributed by atoms with Crippen molar-refractivity contribution in [3.63, 3.8) is 0 Å². The van der Waals surface area contributed by atoms with Crippen LogP contribution in [0.5, 0.6) is 0 Å². The summed E-state index contributed by atoms with van der Waals surface area (Å²) in [4.78, 5) is 43.3. The van der Waals surface area contributed by atoms with Crippen LogP contribution in [-0.4, -0.2) is 34.9 Å². The predicted molar refractivity (Wildman–Crippen MR) is 121 cm³/mol. The van der Waals surface area contributed by atoms with E-state index in [2.05, 4.69) is 0 Å². The summed E-state index contributed by atoms with van der Waals surface area (Å²) < 4.78 is 0. The van der Waals surface area contributed by atoms with Crippen LogP contribution in [0.1, 0.15) is 32.3 Å². The molecule has 5 nitrogen and oxygen atoms in total. The Morgan fingerprint density at radius 3 is 1.87 bits per heavy atom. The van der Waals surface area contributed by atoms with E-state index in [1.165, 1.54) is 0 Å². The van der Waals surface area contributed by atoms with E-state index >= 15 is 0 Å². The zero-order valence-electron chi connectivity index (χ0n) is 16.5. The van der Waals surface area contributed by atoms with Crippen LogP contribution < -0.4 is 4.90 Å². The molecule has 0 spiro atoms. The fraction of sp³-hybridized carbons (Fsp3) is 0.125. The smallest absolute Gasteiger partial charge is 0.262 e. The molecule has 0 radical (unpaired) electrons. The molecule has 2 atom stereocenters. The lowest BCUT2D eigenvalue weighted by molar-refractivity contribution is -0.130. The highest BCUT2D eigenvalue weighted by atomic mass is 35.5. The Kier molecular flexibility index (Phi) is 4.84. The first-order valence-corrected chi connectivity index (χ1v) is 11.3. The molecular weight excluding hydrogens is 432 g/mol. The van der Waals surface area contributed by atoms with Gasteiger partial charge in [0.1, 0.15) is 6.04 Å². The second-order valence-electron chi connectivity index (χ2n) is 7.37. The van der Waals surface area contributed by atoms with Gasteiger partial charge in [-0.3, -0.25) is 19.3 Å². The van der Waals surface area contributed by atoms with Gasteiger partial charge in [-0.05, 0) is 60.4 Å². The molecule has 2 aliphatic heterocycles. The van der Waals surface area contributed by atoms with E-state index in [1.54, 1.807) is 65.2 Å². The summed E-state index contributed by atoms with van der Waals surface area (Å²) >= 11 is 7.64. The van der Waals surface area contributed by atoms with Crippen molar-refractivity contribution in [1.29, 1.82) is 0 Å². The number of anilines is 1. The molecule has 2 unspecified atom stereocenters. The molecule has 0 aromatic heterocycles. The van der Waals surface area contributed by atoms with E-state index in [1.807, 2.05) is 30.5 Å². The molecule has 154 valence electrons. The van der Waals surface area contributed by atoms with Crippen molar-refractivity contribution in [1.82, 2.24) is 4.90 Å². The zero-order chi connectivity index (χ0) is 21.7. The number of benzene rings is 3. The van der Waals surface area contributed by atoms with Crippen molar-refractivity contribution in [2.75, 3.05) is 11.2 Å². The number of nitrogens with zero attached hydrogens (tertiary/aromatic N) is 2. The summed E-state index contributed by atoms with van der Waals surface area (Å²) in [5, 5.41) is 0.564. The lowest BCUT2D eigenvalue weighted by Crippen LogP contribution is -2.67. The molecule has 1 fully saturated rings. The Balaban J connectivity index is 1.58. The molecule has 2 aliphatic rings. The van der Waals surface area contributed by atoms with Crippen molar-refractivity contribution < 1.29 is 14.4 Å². The van der Waals surface area contributed by atoms with Crippen LogP contribution in [0.3, 0.4) is 0 Å². The van der Waals surface area contributed by atoms with E-state index in [0.29, 0.717) is 21.8 Å². The summed E-state index contributed by atoms with van der Waals surface area (Å²) in [6.07, 6.45) is 1.99. The first-order chi connectivity index (χ1) is 15.0. The monoisotopic (exact) mass is 448 g/mol. The van der Waals surface area contributed by atoms with Gasteiger partial charge in [-0.1, -0.05) is 35.9 Å². The van der Waals surface area contributed by atoms with Crippen LogP contribution in [0.25, 0.3) is 0 Å². The van der Waals surface area contributed by atoms with Gasteiger partial charge in [0.15, 0.2) is 0 Å². The molecule has 0 N–H and O–H groups in total. The molecule has 31 heavy (non-hydrogen) atoms. The molecule has 3 aromatic carbocycles. The van der Waals surface area contributed by atoms with Crippen LogP contribution >= 0.6 is 23.4 Å². The summed E-state index contributed by atoms with van der Waals surface area (Å²) in [5.41, 5.74) is 2.19. The lowest BCUT2D eigenvalue weighted by Gasteiger charge is -2.49. The third-order valence-electron chi connectivity index (χ3n) is 5.73. The first kappa shape index (κ1) is 19.8. The molecule has 7 heteroatoms. The predicted octanol–water partition coefficient (Wildman–Crippen LogP) is 4.81. The normalized spacial score (nSPS) is 20.1. The number of hydrogen-bond acceptors (Lipinski definition) is 4. The number of carbonyl (C=O) groups is 3. The number of fused-ring (bicyclic) bond motifs is 1. The van der Waals surface area contributed by atoms with Crippen LogP contribution in [-0.2, 0) is 4.79 Å². The molecule has 0 aliphatic carbocycles. The third kappa shape index (κ3) is 3.06.